The van der Waals surface area contributed by atoms with E-state index in [1.807, 2.05) is 87.5 Å². The zero-order chi connectivity index (χ0) is 26.1. The van der Waals surface area contributed by atoms with Crippen LogP contribution >= 0.6 is 0 Å². The number of hydrogen-bond donors (Lipinski definition) is 1. The van der Waals surface area contributed by atoms with Gasteiger partial charge in [-0.1, -0.05) is 70.2 Å². The van der Waals surface area contributed by atoms with Gasteiger partial charge in [-0.2, -0.15) is 0 Å². The van der Waals surface area contributed by atoms with Gasteiger partial charge in [0, 0.05) is 11.3 Å². The summed E-state index contributed by atoms with van der Waals surface area (Å²) in [5, 5.41) is 11.6. The molecule has 1 N–H and O–H groups in total. The van der Waals surface area contributed by atoms with Crippen molar-refractivity contribution in [3.05, 3.63) is 100 Å². The molecule has 5 heteroatoms. The third-order valence-electron chi connectivity index (χ3n) is 6.85. The van der Waals surface area contributed by atoms with Crippen molar-refractivity contribution in [3.63, 3.8) is 0 Å². The highest BCUT2D eigenvalue weighted by molar-refractivity contribution is 6.51. The lowest BCUT2D eigenvalue weighted by Gasteiger charge is -2.26. The summed E-state index contributed by atoms with van der Waals surface area (Å²) in [6.07, 6.45) is 0. The number of nitrogens with zero attached hydrogens (tertiary/aromatic N) is 1. The molecule has 3 aromatic rings. The van der Waals surface area contributed by atoms with Gasteiger partial charge in [0.15, 0.2) is 0 Å². The summed E-state index contributed by atoms with van der Waals surface area (Å²) in [5.74, 6) is -0.324. The first kappa shape index (κ1) is 25.2. The smallest absolute Gasteiger partial charge is 0.300 e. The number of ketones is 1. The second-order valence-corrected chi connectivity index (χ2v) is 9.89. The summed E-state index contributed by atoms with van der Waals surface area (Å²) >= 11 is 0. The van der Waals surface area contributed by atoms with Crippen LogP contribution in [0.15, 0.2) is 72.3 Å². The standard InChI is InChI=1S/C31H33NO4/c1-18(2)21-12-14-23(15-13-21)32-28(22-10-8-7-9-11-22)27(30(34)31(32)35)29(33)25-17-24(19(3)4)26(36-6)16-20(25)5/h7-19,28,33H,1-6H3/b29-27+. The predicted molar refractivity (Wildman–Crippen MR) is 144 cm³/mol. The Kier molecular flexibility index (Phi) is 7.02. The van der Waals surface area contributed by atoms with Crippen LogP contribution in [0, 0.1) is 6.92 Å². The number of aryl methyl sites for hydroxylation is 1. The summed E-state index contributed by atoms with van der Waals surface area (Å²) in [4.78, 5) is 28.4. The predicted octanol–water partition coefficient (Wildman–Crippen LogP) is 6.88. The van der Waals surface area contributed by atoms with Crippen LogP contribution in [0.1, 0.15) is 73.4 Å². The van der Waals surface area contributed by atoms with Crippen LogP contribution in [0.2, 0.25) is 0 Å². The van der Waals surface area contributed by atoms with Gasteiger partial charge in [-0.05, 0) is 65.3 Å². The van der Waals surface area contributed by atoms with Gasteiger partial charge < -0.3 is 9.84 Å². The van der Waals surface area contributed by atoms with Crippen LogP contribution < -0.4 is 9.64 Å². The van der Waals surface area contributed by atoms with E-state index in [0.29, 0.717) is 17.2 Å². The Balaban J connectivity index is 1.94. The summed E-state index contributed by atoms with van der Waals surface area (Å²) < 4.78 is 5.55. The number of ether oxygens (including phenoxy) is 1. The number of anilines is 1. The summed E-state index contributed by atoms with van der Waals surface area (Å²) in [6, 6.07) is 20.0. The zero-order valence-electron chi connectivity index (χ0n) is 21.7. The lowest BCUT2D eigenvalue weighted by atomic mass is 9.91. The fourth-order valence-corrected chi connectivity index (χ4v) is 4.80. The number of Topliss-reactive ketones (excluding diaryl/α,β-unsaturated/α-hetero) is 1. The number of aliphatic hydroxyl groups excluding tert-OH is 1. The zero-order valence-corrected chi connectivity index (χ0v) is 21.7. The molecule has 4 rings (SSSR count). The van der Waals surface area contributed by atoms with Crippen LogP contribution in [0.4, 0.5) is 5.69 Å². The number of rotatable bonds is 6. The maximum Gasteiger partial charge on any atom is 0.300 e. The van der Waals surface area contributed by atoms with E-state index in [1.165, 1.54) is 4.90 Å². The van der Waals surface area contributed by atoms with Crippen molar-refractivity contribution >= 4 is 23.1 Å². The first-order valence-electron chi connectivity index (χ1n) is 12.3. The average molecular weight is 484 g/mol. The maximum atomic E-state index is 13.5. The molecule has 1 fully saturated rings. The molecule has 0 aliphatic carbocycles. The second-order valence-electron chi connectivity index (χ2n) is 9.89. The van der Waals surface area contributed by atoms with Crippen LogP contribution in [0.25, 0.3) is 5.76 Å². The fraction of sp³-hybridized carbons (Fsp3) is 0.290. The van der Waals surface area contributed by atoms with Crippen molar-refractivity contribution < 1.29 is 19.4 Å². The molecule has 0 spiro atoms. The lowest BCUT2D eigenvalue weighted by Crippen LogP contribution is -2.29. The molecule has 3 aromatic carbocycles. The molecule has 0 bridgehead atoms. The fourth-order valence-electron chi connectivity index (χ4n) is 4.80. The molecular weight excluding hydrogens is 450 g/mol. The highest BCUT2D eigenvalue weighted by Crippen LogP contribution is 2.43. The van der Waals surface area contributed by atoms with E-state index in [0.717, 1.165) is 28.0 Å². The van der Waals surface area contributed by atoms with E-state index in [1.54, 1.807) is 7.11 Å². The molecular formula is C31H33NO4. The Bertz CT molecular complexity index is 1320. The first-order chi connectivity index (χ1) is 17.1. The number of carbonyl (C=O) groups excluding carboxylic acids is 2. The molecule has 1 amide bonds. The molecule has 1 aliphatic heterocycles. The number of hydrogen-bond acceptors (Lipinski definition) is 4. The molecule has 5 nitrogen and oxygen atoms in total. The molecule has 1 aliphatic rings. The van der Waals surface area contributed by atoms with Crippen LogP contribution in [0.5, 0.6) is 5.75 Å². The highest BCUT2D eigenvalue weighted by Gasteiger charge is 2.47. The Morgan fingerprint density at radius 3 is 2.11 bits per heavy atom. The van der Waals surface area contributed by atoms with E-state index < -0.39 is 17.7 Å². The molecule has 0 saturated carbocycles. The van der Waals surface area contributed by atoms with Gasteiger partial charge in [0.2, 0.25) is 0 Å². The molecule has 0 aromatic heterocycles. The Labute approximate surface area is 213 Å². The molecule has 1 heterocycles. The Morgan fingerprint density at radius 1 is 0.917 bits per heavy atom. The van der Waals surface area contributed by atoms with Gasteiger partial charge in [0.25, 0.3) is 11.7 Å². The SMILES string of the molecule is COc1cc(C)c(/C(O)=C2\C(=O)C(=O)N(c3ccc(C(C)C)cc3)C2c2ccccc2)cc1C(C)C. The normalized spacial score (nSPS) is 17.3. The summed E-state index contributed by atoms with van der Waals surface area (Å²) in [6.45, 7) is 10.2. The highest BCUT2D eigenvalue weighted by atomic mass is 16.5. The van der Waals surface area contributed by atoms with E-state index >= 15 is 0 Å². The Morgan fingerprint density at radius 2 is 1.56 bits per heavy atom. The van der Waals surface area contributed by atoms with E-state index in [9.17, 15) is 14.7 Å². The molecule has 186 valence electrons. The van der Waals surface area contributed by atoms with Crippen molar-refractivity contribution in [2.24, 2.45) is 0 Å². The van der Waals surface area contributed by atoms with E-state index in [-0.39, 0.29) is 17.3 Å². The minimum atomic E-state index is -0.750. The molecule has 36 heavy (non-hydrogen) atoms. The van der Waals surface area contributed by atoms with Gasteiger partial charge in [-0.25, -0.2) is 0 Å². The van der Waals surface area contributed by atoms with Gasteiger partial charge in [0.1, 0.15) is 11.5 Å². The van der Waals surface area contributed by atoms with Crippen molar-refractivity contribution in [1.82, 2.24) is 0 Å². The van der Waals surface area contributed by atoms with Gasteiger partial charge in [0.05, 0.1) is 18.7 Å². The molecule has 1 atom stereocenters. The van der Waals surface area contributed by atoms with Crippen molar-refractivity contribution in [2.45, 2.75) is 52.5 Å². The van der Waals surface area contributed by atoms with Crippen LogP contribution in [-0.2, 0) is 9.59 Å². The molecule has 0 radical (unpaired) electrons. The number of amides is 1. The van der Waals surface area contributed by atoms with Crippen molar-refractivity contribution in [1.29, 1.82) is 0 Å². The van der Waals surface area contributed by atoms with Crippen molar-refractivity contribution in [3.8, 4) is 5.75 Å². The quantitative estimate of drug-likeness (QED) is 0.236. The van der Waals surface area contributed by atoms with Gasteiger partial charge in [-0.3, -0.25) is 14.5 Å². The van der Waals surface area contributed by atoms with Crippen LogP contribution in [0.3, 0.4) is 0 Å². The monoisotopic (exact) mass is 483 g/mol. The third kappa shape index (κ3) is 4.41. The van der Waals surface area contributed by atoms with E-state index in [4.69, 9.17) is 4.74 Å². The Hall–Kier alpha value is -3.86. The van der Waals surface area contributed by atoms with E-state index in [2.05, 4.69) is 13.8 Å². The lowest BCUT2D eigenvalue weighted by molar-refractivity contribution is -0.132. The number of aliphatic hydroxyl groups is 1. The number of benzene rings is 3. The van der Waals surface area contributed by atoms with Crippen LogP contribution in [-0.4, -0.2) is 23.9 Å². The average Bonchev–Trinajstić information content (AvgIpc) is 3.14. The van der Waals surface area contributed by atoms with Crippen molar-refractivity contribution in [2.75, 3.05) is 12.0 Å². The second kappa shape index (κ2) is 10.0. The maximum absolute atomic E-state index is 13.5. The summed E-state index contributed by atoms with van der Waals surface area (Å²) in [5.41, 5.74) is 4.79. The molecule has 1 saturated heterocycles. The topological polar surface area (TPSA) is 66.8 Å². The third-order valence-corrected chi connectivity index (χ3v) is 6.85. The first-order valence-corrected chi connectivity index (χ1v) is 12.3. The van der Waals surface area contributed by atoms with Gasteiger partial charge >= 0.3 is 0 Å². The minimum absolute atomic E-state index is 0.0853. The molecule has 1 unspecified atom stereocenters. The number of carbonyl (C=O) groups is 2. The largest absolute Gasteiger partial charge is 0.507 e. The van der Waals surface area contributed by atoms with Gasteiger partial charge in [-0.15, -0.1) is 0 Å². The minimum Gasteiger partial charge on any atom is -0.507 e. The number of methoxy groups -OCH3 is 1. The summed E-state index contributed by atoms with van der Waals surface area (Å²) in [7, 11) is 1.62.